The topological polar surface area (TPSA) is 134 Å². The fraction of sp³-hybridized carbons (Fsp3) is 0.191. The summed E-state index contributed by atoms with van der Waals surface area (Å²) >= 11 is 6.16. The lowest BCUT2D eigenvalue weighted by atomic mass is 9.88. The molecule has 4 aromatic carbocycles. The molecule has 3 heterocycles. The van der Waals surface area contributed by atoms with Gasteiger partial charge in [-0.1, -0.05) is 54.9 Å². The van der Waals surface area contributed by atoms with Gasteiger partial charge >= 0.3 is 0 Å². The van der Waals surface area contributed by atoms with Gasteiger partial charge in [-0.15, -0.1) is 0 Å². The van der Waals surface area contributed by atoms with Crippen molar-refractivity contribution in [2.45, 2.75) is 44.8 Å². The van der Waals surface area contributed by atoms with Gasteiger partial charge in [0.05, 0.1) is 13.1 Å². The number of nitrogens with zero attached hydrogens (tertiary/aromatic N) is 5. The zero-order chi connectivity index (χ0) is 41.3. The SMILES string of the molecule is CCC(c1ccc(C(=O)N(Cc2ccc(N/C=C\N)nc2)c2ccc(F)cc2)cc1)c1ccc(N(Cc2ccc(N3CCC(N)C3)nc2)C(=O)c2ccc(Cl)cc2)cc1. The molecule has 0 bridgehead atoms. The Balaban J connectivity index is 1.10. The molecular formula is C47H46ClFN8O2. The summed E-state index contributed by atoms with van der Waals surface area (Å²) in [5.41, 5.74) is 17.7. The van der Waals surface area contributed by atoms with Crippen molar-refractivity contribution in [3.05, 3.63) is 190 Å². The maximum atomic E-state index is 14.1. The zero-order valence-corrected chi connectivity index (χ0v) is 33.5. The Morgan fingerprint density at radius 2 is 1.34 bits per heavy atom. The van der Waals surface area contributed by atoms with E-state index in [2.05, 4.69) is 34.3 Å². The van der Waals surface area contributed by atoms with Crippen molar-refractivity contribution in [1.82, 2.24) is 9.97 Å². The third-order valence-corrected chi connectivity index (χ3v) is 10.7. The van der Waals surface area contributed by atoms with Gasteiger partial charge in [-0.25, -0.2) is 14.4 Å². The Hall–Kier alpha value is -6.56. The minimum atomic E-state index is -0.388. The van der Waals surface area contributed by atoms with Gasteiger partial charge in [0, 0.05) is 77.4 Å². The first-order chi connectivity index (χ1) is 28.7. The average molecular weight is 809 g/mol. The first kappa shape index (κ1) is 40.6. The molecule has 1 saturated heterocycles. The third-order valence-electron chi connectivity index (χ3n) is 10.5. The van der Waals surface area contributed by atoms with Crippen LogP contribution in [0.25, 0.3) is 0 Å². The van der Waals surface area contributed by atoms with Gasteiger partial charge in [0.25, 0.3) is 11.8 Å². The predicted octanol–water partition coefficient (Wildman–Crippen LogP) is 8.88. The van der Waals surface area contributed by atoms with Crippen LogP contribution in [0.5, 0.6) is 0 Å². The van der Waals surface area contributed by atoms with Gasteiger partial charge in [-0.2, -0.15) is 0 Å². The minimum Gasteiger partial charge on any atom is -0.403 e. The summed E-state index contributed by atoms with van der Waals surface area (Å²) in [5.74, 6) is 0.743. The molecular weight excluding hydrogens is 763 g/mol. The van der Waals surface area contributed by atoms with Crippen molar-refractivity contribution in [3.8, 4) is 0 Å². The van der Waals surface area contributed by atoms with Crippen LogP contribution in [0.2, 0.25) is 5.02 Å². The first-order valence-electron chi connectivity index (χ1n) is 19.6. The number of rotatable bonds is 14. The van der Waals surface area contributed by atoms with E-state index in [0.717, 1.165) is 59.7 Å². The molecule has 0 aliphatic carbocycles. The summed E-state index contributed by atoms with van der Waals surface area (Å²) in [6.07, 6.45) is 8.20. The van der Waals surface area contributed by atoms with Crippen LogP contribution in [-0.4, -0.2) is 40.9 Å². The van der Waals surface area contributed by atoms with Crippen molar-refractivity contribution in [2.75, 3.05) is 33.1 Å². The van der Waals surface area contributed by atoms with E-state index in [1.165, 1.54) is 18.3 Å². The predicted molar refractivity (Wildman–Crippen MR) is 234 cm³/mol. The molecule has 5 N–H and O–H groups in total. The summed E-state index contributed by atoms with van der Waals surface area (Å²) in [6, 6.07) is 36.3. The van der Waals surface area contributed by atoms with Crippen molar-refractivity contribution >= 4 is 46.4 Å². The van der Waals surface area contributed by atoms with Crippen molar-refractivity contribution in [2.24, 2.45) is 11.5 Å². The lowest BCUT2D eigenvalue weighted by Gasteiger charge is -2.25. The van der Waals surface area contributed by atoms with E-state index >= 15 is 0 Å². The lowest BCUT2D eigenvalue weighted by molar-refractivity contribution is 0.0977. The van der Waals surface area contributed by atoms with Crippen LogP contribution in [0.15, 0.2) is 146 Å². The van der Waals surface area contributed by atoms with Crippen LogP contribution >= 0.6 is 11.6 Å². The largest absolute Gasteiger partial charge is 0.403 e. The highest BCUT2D eigenvalue weighted by molar-refractivity contribution is 6.30. The number of hydrogen-bond donors (Lipinski definition) is 3. The molecule has 2 unspecified atom stereocenters. The highest BCUT2D eigenvalue weighted by atomic mass is 35.5. The van der Waals surface area contributed by atoms with Gasteiger partial charge in [-0.3, -0.25) is 9.59 Å². The van der Waals surface area contributed by atoms with Gasteiger partial charge < -0.3 is 31.5 Å². The number of nitrogens with one attached hydrogen (secondary N) is 1. The second-order valence-corrected chi connectivity index (χ2v) is 15.0. The third kappa shape index (κ3) is 9.95. The molecule has 0 radical (unpaired) electrons. The molecule has 1 aliphatic rings. The smallest absolute Gasteiger partial charge is 0.258 e. The van der Waals surface area contributed by atoms with Crippen molar-refractivity contribution in [3.63, 3.8) is 0 Å². The zero-order valence-electron chi connectivity index (χ0n) is 32.7. The molecule has 0 saturated carbocycles. The van der Waals surface area contributed by atoms with Crippen LogP contribution in [-0.2, 0) is 13.1 Å². The van der Waals surface area contributed by atoms with Crippen molar-refractivity contribution < 1.29 is 14.0 Å². The number of benzene rings is 4. The Morgan fingerprint density at radius 3 is 1.83 bits per heavy atom. The van der Waals surface area contributed by atoms with E-state index in [0.29, 0.717) is 34.2 Å². The number of nitrogens with two attached hydrogens (primary N) is 2. The Morgan fingerprint density at radius 1 is 0.797 bits per heavy atom. The normalized spacial score (nSPS) is 14.3. The number of carbonyl (C=O) groups excluding carboxylic acids is 2. The lowest BCUT2D eigenvalue weighted by Crippen LogP contribution is -2.30. The number of halogens is 2. The van der Waals surface area contributed by atoms with E-state index in [4.69, 9.17) is 28.1 Å². The molecule has 6 aromatic rings. The molecule has 2 amide bonds. The number of aromatic nitrogens is 2. The molecule has 2 aromatic heterocycles. The highest BCUT2D eigenvalue weighted by Gasteiger charge is 2.24. The van der Waals surface area contributed by atoms with Gasteiger partial charge in [0.15, 0.2) is 0 Å². The fourth-order valence-electron chi connectivity index (χ4n) is 7.29. The van der Waals surface area contributed by atoms with E-state index in [-0.39, 0.29) is 36.1 Å². The first-order valence-corrected chi connectivity index (χ1v) is 19.9. The average Bonchev–Trinajstić information content (AvgIpc) is 3.71. The number of pyridine rings is 2. The van der Waals surface area contributed by atoms with E-state index in [1.807, 2.05) is 60.8 Å². The molecule has 10 nitrogen and oxygen atoms in total. The highest BCUT2D eigenvalue weighted by Crippen LogP contribution is 2.32. The number of anilines is 4. The summed E-state index contributed by atoms with van der Waals surface area (Å²) in [5, 5.41) is 3.52. The Bertz CT molecular complexity index is 2360. The van der Waals surface area contributed by atoms with Gasteiger partial charge in [0.1, 0.15) is 17.5 Å². The molecule has 12 heteroatoms. The standard InChI is InChI=1S/C47H46ClFN8O2/c1-2-43(34-5-7-36(8-6-34)46(58)57(42-19-15-39(49)16-20-42)29-32-3-21-44(53-27-32)52-25-24-50)35-11-17-41(18-12-35)56(47(59)37-9-13-38(48)14-10-37)30-33-4-22-45(54-28-33)55-26-23-40(51)31-55/h3-22,24-25,27-28,40,43H,2,23,26,29-31,50-51H2,1H3,(H,52,53)/b25-24-. The molecule has 59 heavy (non-hydrogen) atoms. The summed E-state index contributed by atoms with van der Waals surface area (Å²) in [6.45, 7) is 4.32. The Labute approximate surface area is 349 Å². The maximum absolute atomic E-state index is 14.1. The molecule has 300 valence electrons. The van der Waals surface area contributed by atoms with Crippen LogP contribution in [0, 0.1) is 5.82 Å². The second-order valence-electron chi connectivity index (χ2n) is 14.5. The van der Waals surface area contributed by atoms with Crippen LogP contribution in [0.3, 0.4) is 0 Å². The number of amides is 2. The minimum absolute atomic E-state index is 0.0320. The number of carbonyl (C=O) groups is 2. The second kappa shape index (κ2) is 18.8. The summed E-state index contributed by atoms with van der Waals surface area (Å²) in [7, 11) is 0. The van der Waals surface area contributed by atoms with Gasteiger partial charge in [-0.05, 0) is 120 Å². The summed E-state index contributed by atoms with van der Waals surface area (Å²) < 4.78 is 13.9. The Kier molecular flexibility index (Phi) is 12.9. The number of hydrogen-bond acceptors (Lipinski definition) is 8. The van der Waals surface area contributed by atoms with E-state index in [1.54, 1.807) is 64.7 Å². The van der Waals surface area contributed by atoms with E-state index in [9.17, 15) is 14.0 Å². The van der Waals surface area contributed by atoms with Crippen LogP contribution < -0.4 is 31.5 Å². The maximum Gasteiger partial charge on any atom is 0.258 e. The fourth-order valence-corrected chi connectivity index (χ4v) is 7.41. The van der Waals surface area contributed by atoms with Crippen LogP contribution in [0.4, 0.5) is 27.4 Å². The monoisotopic (exact) mass is 808 g/mol. The van der Waals surface area contributed by atoms with Gasteiger partial charge in [0.2, 0.25) is 0 Å². The van der Waals surface area contributed by atoms with E-state index < -0.39 is 0 Å². The van der Waals surface area contributed by atoms with Crippen molar-refractivity contribution in [1.29, 1.82) is 0 Å². The quantitative estimate of drug-likeness (QED) is 0.0994. The molecule has 1 aliphatic heterocycles. The molecule has 2 atom stereocenters. The molecule has 1 fully saturated rings. The molecule has 0 spiro atoms. The summed E-state index contributed by atoms with van der Waals surface area (Å²) in [4.78, 5) is 42.8. The van der Waals surface area contributed by atoms with Crippen LogP contribution in [0.1, 0.15) is 68.7 Å². The molecule has 7 rings (SSSR count).